The van der Waals surface area contributed by atoms with Crippen molar-refractivity contribution in [3.8, 4) is 0 Å². The number of non-ortho nitro benzene ring substituents is 1. The number of benzene rings is 1. The van der Waals surface area contributed by atoms with Gasteiger partial charge in [0.15, 0.2) is 0 Å². The van der Waals surface area contributed by atoms with E-state index in [1.807, 2.05) is 6.07 Å². The van der Waals surface area contributed by atoms with Crippen LogP contribution in [0.25, 0.3) is 0 Å². The molecule has 0 spiro atoms. The molecule has 0 N–H and O–H groups in total. The predicted octanol–water partition coefficient (Wildman–Crippen LogP) is 1.59. The van der Waals surface area contributed by atoms with Gasteiger partial charge in [-0.1, -0.05) is 6.07 Å². The monoisotopic (exact) mass is 177 g/mol. The van der Waals surface area contributed by atoms with Gasteiger partial charge in [0.2, 0.25) is 0 Å². The second kappa shape index (κ2) is 2.09. The van der Waals surface area contributed by atoms with Gasteiger partial charge in [0, 0.05) is 18.6 Å². The first-order valence-corrected chi connectivity index (χ1v) is 4.18. The number of fused-ring (bicyclic) bond motifs is 3. The zero-order valence-electron chi connectivity index (χ0n) is 6.77. The molecule has 4 nitrogen and oxygen atoms in total. The minimum Gasteiger partial charge on any atom is -0.364 e. The number of nitro groups is 1. The molecule has 1 aromatic carbocycles. The van der Waals surface area contributed by atoms with Crippen molar-refractivity contribution >= 4 is 5.69 Å². The summed E-state index contributed by atoms with van der Waals surface area (Å²) < 4.78 is 5.29. The van der Waals surface area contributed by atoms with Crippen LogP contribution in [0.4, 0.5) is 5.69 Å². The number of rotatable bonds is 1. The minimum atomic E-state index is -0.365. The summed E-state index contributed by atoms with van der Waals surface area (Å²) in [5.41, 5.74) is 2.38. The molecule has 1 aliphatic carbocycles. The first-order valence-electron chi connectivity index (χ1n) is 4.18. The van der Waals surface area contributed by atoms with Crippen LogP contribution < -0.4 is 0 Å². The summed E-state index contributed by atoms with van der Waals surface area (Å²) in [7, 11) is 0. The topological polar surface area (TPSA) is 55.7 Å². The number of nitro benzene ring substituents is 1. The zero-order chi connectivity index (χ0) is 9.00. The van der Waals surface area contributed by atoms with Gasteiger partial charge in [-0.05, 0) is 11.1 Å². The van der Waals surface area contributed by atoms with Crippen LogP contribution in [-0.4, -0.2) is 11.0 Å². The van der Waals surface area contributed by atoms with E-state index in [1.54, 1.807) is 12.1 Å². The van der Waals surface area contributed by atoms with Crippen molar-refractivity contribution in [3.05, 3.63) is 39.4 Å². The molecule has 2 atom stereocenters. The molecule has 1 aliphatic heterocycles. The van der Waals surface area contributed by atoms with Crippen molar-refractivity contribution < 1.29 is 9.66 Å². The fourth-order valence-corrected chi connectivity index (χ4v) is 1.94. The van der Waals surface area contributed by atoms with Gasteiger partial charge in [-0.15, -0.1) is 0 Å². The van der Waals surface area contributed by atoms with E-state index < -0.39 is 0 Å². The molecule has 4 heteroatoms. The summed E-state index contributed by atoms with van der Waals surface area (Å²) in [6.07, 6.45) is 1.37. The van der Waals surface area contributed by atoms with Crippen LogP contribution in [-0.2, 0) is 11.2 Å². The van der Waals surface area contributed by atoms with Crippen molar-refractivity contribution in [3.63, 3.8) is 0 Å². The largest absolute Gasteiger partial charge is 0.364 e. The fraction of sp³-hybridized carbons (Fsp3) is 0.333. The molecule has 13 heavy (non-hydrogen) atoms. The molecule has 0 unspecified atom stereocenters. The molecule has 0 saturated carbocycles. The van der Waals surface area contributed by atoms with Crippen LogP contribution in [0.3, 0.4) is 0 Å². The van der Waals surface area contributed by atoms with Crippen LogP contribution in [0, 0.1) is 10.1 Å². The number of epoxide rings is 1. The third-order valence-corrected chi connectivity index (χ3v) is 2.65. The normalized spacial score (nSPS) is 28.0. The van der Waals surface area contributed by atoms with E-state index in [0.29, 0.717) is 6.10 Å². The van der Waals surface area contributed by atoms with Gasteiger partial charge in [0.05, 0.1) is 11.0 Å². The Balaban J connectivity index is 2.11. The molecule has 66 valence electrons. The smallest absolute Gasteiger partial charge is 0.269 e. The summed E-state index contributed by atoms with van der Waals surface area (Å²) in [4.78, 5) is 10.1. The highest BCUT2D eigenvalue weighted by Crippen LogP contribution is 2.49. The number of ether oxygens (including phenoxy) is 1. The lowest BCUT2D eigenvalue weighted by Gasteiger charge is -2.00. The Morgan fingerprint density at radius 2 is 2.38 bits per heavy atom. The maximum atomic E-state index is 10.5. The summed E-state index contributed by atoms with van der Waals surface area (Å²) in [6.45, 7) is 0. The highest BCUT2D eigenvalue weighted by Gasteiger charge is 2.47. The van der Waals surface area contributed by atoms with Crippen LogP contribution >= 0.6 is 0 Å². The van der Waals surface area contributed by atoms with Gasteiger partial charge < -0.3 is 4.74 Å². The zero-order valence-corrected chi connectivity index (χ0v) is 6.77. The van der Waals surface area contributed by atoms with Crippen LogP contribution in [0.15, 0.2) is 18.2 Å². The van der Waals surface area contributed by atoms with E-state index in [-0.39, 0.29) is 16.7 Å². The highest BCUT2D eigenvalue weighted by molar-refractivity contribution is 5.46. The lowest BCUT2D eigenvalue weighted by atomic mass is 10.1. The van der Waals surface area contributed by atoms with Crippen LogP contribution in [0.1, 0.15) is 17.2 Å². The molecule has 0 amide bonds. The maximum absolute atomic E-state index is 10.5. The van der Waals surface area contributed by atoms with Gasteiger partial charge in [0.1, 0.15) is 6.10 Å². The van der Waals surface area contributed by atoms with Gasteiger partial charge >= 0.3 is 0 Å². The standard InChI is InChI=1S/C9H7NO3/c11-10(12)6-2-1-5-3-8-9(13-8)7(5)4-6/h1-2,4,8-9H,3H2/t8-,9+/m0/s1. The Morgan fingerprint density at radius 3 is 3.15 bits per heavy atom. The maximum Gasteiger partial charge on any atom is 0.269 e. The average Bonchev–Trinajstić information content (AvgIpc) is 2.78. The van der Waals surface area contributed by atoms with E-state index in [0.717, 1.165) is 12.0 Å². The van der Waals surface area contributed by atoms with E-state index in [9.17, 15) is 10.1 Å². The molecule has 0 bridgehead atoms. The van der Waals surface area contributed by atoms with Crippen molar-refractivity contribution in [1.29, 1.82) is 0 Å². The molecule has 0 aromatic heterocycles. The van der Waals surface area contributed by atoms with Crippen molar-refractivity contribution in [2.75, 3.05) is 0 Å². The second-order valence-electron chi connectivity index (χ2n) is 3.44. The Bertz CT molecular complexity index is 402. The van der Waals surface area contributed by atoms with Crippen LogP contribution in [0.2, 0.25) is 0 Å². The van der Waals surface area contributed by atoms with Crippen LogP contribution in [0.5, 0.6) is 0 Å². The third-order valence-electron chi connectivity index (χ3n) is 2.65. The van der Waals surface area contributed by atoms with Gasteiger partial charge in [-0.2, -0.15) is 0 Å². The summed E-state index contributed by atoms with van der Waals surface area (Å²) in [5, 5.41) is 10.5. The quantitative estimate of drug-likeness (QED) is 0.372. The second-order valence-corrected chi connectivity index (χ2v) is 3.44. The fourth-order valence-electron chi connectivity index (χ4n) is 1.94. The molecular formula is C9H7NO3. The Hall–Kier alpha value is -1.42. The molecule has 1 aromatic rings. The molecule has 1 fully saturated rings. The van der Waals surface area contributed by atoms with Crippen molar-refractivity contribution in [1.82, 2.24) is 0 Å². The molecule has 1 saturated heterocycles. The summed E-state index contributed by atoms with van der Waals surface area (Å²) in [6, 6.07) is 5.03. The third kappa shape index (κ3) is 0.890. The Labute approximate surface area is 74.3 Å². The molecule has 0 radical (unpaired) electrons. The first-order chi connectivity index (χ1) is 6.25. The molecule has 2 aliphatic rings. The summed E-state index contributed by atoms with van der Waals surface area (Å²) in [5.74, 6) is 0. The Morgan fingerprint density at radius 1 is 1.54 bits per heavy atom. The number of hydrogen-bond acceptors (Lipinski definition) is 3. The van der Waals surface area contributed by atoms with Gasteiger partial charge in [-0.3, -0.25) is 10.1 Å². The number of hydrogen-bond donors (Lipinski definition) is 0. The van der Waals surface area contributed by atoms with Gasteiger partial charge in [-0.25, -0.2) is 0 Å². The van der Waals surface area contributed by atoms with E-state index in [1.165, 1.54) is 5.56 Å². The molecular weight excluding hydrogens is 170 g/mol. The summed E-state index contributed by atoms with van der Waals surface area (Å²) >= 11 is 0. The van der Waals surface area contributed by atoms with Gasteiger partial charge in [0.25, 0.3) is 5.69 Å². The van der Waals surface area contributed by atoms with Crippen molar-refractivity contribution in [2.45, 2.75) is 18.6 Å². The molecule has 1 heterocycles. The van der Waals surface area contributed by atoms with Crippen molar-refractivity contribution in [2.24, 2.45) is 0 Å². The lowest BCUT2D eigenvalue weighted by Crippen LogP contribution is -1.92. The van der Waals surface area contributed by atoms with E-state index >= 15 is 0 Å². The van der Waals surface area contributed by atoms with E-state index in [2.05, 4.69) is 0 Å². The number of nitrogens with zero attached hydrogens (tertiary/aromatic N) is 1. The first kappa shape index (κ1) is 7.03. The van der Waals surface area contributed by atoms with E-state index in [4.69, 9.17) is 4.74 Å². The average molecular weight is 177 g/mol. The highest BCUT2D eigenvalue weighted by atomic mass is 16.6. The predicted molar refractivity (Wildman–Crippen MR) is 44.4 cm³/mol. The lowest BCUT2D eigenvalue weighted by molar-refractivity contribution is -0.384. The Kier molecular flexibility index (Phi) is 1.13. The minimum absolute atomic E-state index is 0.148. The molecule has 3 rings (SSSR count). The SMILES string of the molecule is O=[N+]([O-])c1ccc2c(c1)[C@H]1O[C@H]1C2.